The zero-order valence-corrected chi connectivity index (χ0v) is 15.3. The standard InChI is InChI=1S/C18H16N4O5S/c23-17(20-21-18(24)16-9-10-27-22-16)14-7-4-8-15(11-14)28(25,26)19-12-13-5-2-1-3-6-13/h1-11,19H,12H2,(H,20,23)(H,21,24). The van der Waals surface area contributed by atoms with E-state index in [-0.39, 0.29) is 22.7 Å². The fourth-order valence-corrected chi connectivity index (χ4v) is 3.30. The SMILES string of the molecule is O=C(NNC(=O)c1ccon1)c1cccc(S(=O)(=O)NCc2ccccc2)c1. The summed E-state index contributed by atoms with van der Waals surface area (Å²) in [6.07, 6.45) is 1.22. The summed E-state index contributed by atoms with van der Waals surface area (Å²) in [4.78, 5) is 23.9. The van der Waals surface area contributed by atoms with Gasteiger partial charge in [-0.05, 0) is 23.8 Å². The van der Waals surface area contributed by atoms with Crippen molar-refractivity contribution in [2.75, 3.05) is 0 Å². The molecule has 0 aliphatic rings. The third-order valence-corrected chi connectivity index (χ3v) is 5.07. The van der Waals surface area contributed by atoms with Gasteiger partial charge in [0, 0.05) is 18.2 Å². The smallest absolute Gasteiger partial charge is 0.291 e. The second-order valence-corrected chi connectivity index (χ2v) is 7.40. The minimum Gasteiger partial charge on any atom is -0.364 e. The lowest BCUT2D eigenvalue weighted by atomic mass is 10.2. The van der Waals surface area contributed by atoms with E-state index in [9.17, 15) is 18.0 Å². The zero-order chi connectivity index (χ0) is 20.0. The number of hydrazine groups is 1. The maximum atomic E-state index is 12.5. The largest absolute Gasteiger partial charge is 0.364 e. The molecule has 0 aliphatic heterocycles. The third-order valence-electron chi connectivity index (χ3n) is 3.68. The van der Waals surface area contributed by atoms with Gasteiger partial charge in [0.25, 0.3) is 11.8 Å². The van der Waals surface area contributed by atoms with E-state index in [2.05, 4.69) is 25.3 Å². The number of nitrogens with one attached hydrogen (secondary N) is 3. The normalized spacial score (nSPS) is 11.0. The van der Waals surface area contributed by atoms with Gasteiger partial charge < -0.3 is 4.52 Å². The lowest BCUT2D eigenvalue weighted by Crippen LogP contribution is -2.41. The molecule has 3 N–H and O–H groups in total. The number of rotatable bonds is 6. The van der Waals surface area contributed by atoms with Gasteiger partial charge in [0.05, 0.1) is 4.90 Å². The van der Waals surface area contributed by atoms with Crippen molar-refractivity contribution in [2.45, 2.75) is 11.4 Å². The van der Waals surface area contributed by atoms with Crippen LogP contribution in [-0.4, -0.2) is 25.4 Å². The van der Waals surface area contributed by atoms with Gasteiger partial charge in [0.1, 0.15) is 6.26 Å². The molecule has 1 heterocycles. The Morgan fingerprint density at radius 1 is 0.929 bits per heavy atom. The average Bonchev–Trinajstić information content (AvgIpc) is 3.26. The van der Waals surface area contributed by atoms with Crippen molar-refractivity contribution >= 4 is 21.8 Å². The summed E-state index contributed by atoms with van der Waals surface area (Å²) < 4.78 is 32.0. The molecule has 0 bridgehead atoms. The van der Waals surface area contributed by atoms with Crippen LogP contribution in [0.4, 0.5) is 0 Å². The molecule has 28 heavy (non-hydrogen) atoms. The summed E-state index contributed by atoms with van der Waals surface area (Å²) in [6.45, 7) is 0.118. The summed E-state index contributed by atoms with van der Waals surface area (Å²) in [6, 6.07) is 15.8. The Morgan fingerprint density at radius 2 is 1.68 bits per heavy atom. The molecule has 0 radical (unpaired) electrons. The van der Waals surface area contributed by atoms with Crippen LogP contribution in [0.5, 0.6) is 0 Å². The molecule has 3 rings (SSSR count). The van der Waals surface area contributed by atoms with E-state index in [1.807, 2.05) is 18.2 Å². The lowest BCUT2D eigenvalue weighted by molar-refractivity contribution is 0.0841. The van der Waals surface area contributed by atoms with E-state index in [4.69, 9.17) is 0 Å². The van der Waals surface area contributed by atoms with Crippen molar-refractivity contribution in [3.63, 3.8) is 0 Å². The van der Waals surface area contributed by atoms with Crippen LogP contribution in [0.2, 0.25) is 0 Å². The Kier molecular flexibility index (Phi) is 5.82. The van der Waals surface area contributed by atoms with Crippen LogP contribution >= 0.6 is 0 Å². The predicted molar refractivity (Wildman–Crippen MR) is 98.3 cm³/mol. The van der Waals surface area contributed by atoms with Crippen molar-refractivity contribution in [1.82, 2.24) is 20.7 Å². The highest BCUT2D eigenvalue weighted by Gasteiger charge is 2.17. The molecule has 2 amide bonds. The molecule has 0 unspecified atom stereocenters. The second-order valence-electron chi connectivity index (χ2n) is 5.63. The summed E-state index contributed by atoms with van der Waals surface area (Å²) in [5.74, 6) is -1.35. The first kappa shape index (κ1) is 19.3. The van der Waals surface area contributed by atoms with Gasteiger partial charge in [-0.25, -0.2) is 13.1 Å². The molecule has 0 atom stereocenters. The van der Waals surface area contributed by atoms with Gasteiger partial charge in [-0.2, -0.15) is 0 Å². The maximum Gasteiger partial charge on any atom is 0.291 e. The summed E-state index contributed by atoms with van der Waals surface area (Å²) in [5.41, 5.74) is 5.20. The van der Waals surface area contributed by atoms with Gasteiger partial charge in [0.15, 0.2) is 5.69 Å². The van der Waals surface area contributed by atoms with E-state index in [0.29, 0.717) is 0 Å². The fourth-order valence-electron chi connectivity index (χ4n) is 2.24. The first-order valence-corrected chi connectivity index (χ1v) is 9.59. The monoisotopic (exact) mass is 400 g/mol. The number of nitrogens with zero attached hydrogens (tertiary/aromatic N) is 1. The predicted octanol–water partition coefficient (Wildman–Crippen LogP) is 1.23. The fraction of sp³-hybridized carbons (Fsp3) is 0.0556. The maximum absolute atomic E-state index is 12.5. The number of benzene rings is 2. The van der Waals surface area contributed by atoms with Crippen molar-refractivity contribution in [2.24, 2.45) is 0 Å². The first-order valence-electron chi connectivity index (χ1n) is 8.10. The molecule has 2 aromatic carbocycles. The van der Waals surface area contributed by atoms with Crippen molar-refractivity contribution in [3.05, 3.63) is 83.7 Å². The van der Waals surface area contributed by atoms with Crippen LogP contribution in [0.25, 0.3) is 0 Å². The first-order chi connectivity index (χ1) is 13.5. The topological polar surface area (TPSA) is 130 Å². The van der Waals surface area contributed by atoms with Crippen molar-refractivity contribution < 1.29 is 22.5 Å². The van der Waals surface area contributed by atoms with Crippen LogP contribution in [0.15, 0.2) is 76.3 Å². The lowest BCUT2D eigenvalue weighted by Gasteiger charge is -2.09. The molecule has 10 heteroatoms. The highest BCUT2D eigenvalue weighted by atomic mass is 32.2. The highest BCUT2D eigenvalue weighted by molar-refractivity contribution is 7.89. The molecule has 0 fully saturated rings. The Balaban J connectivity index is 1.65. The van der Waals surface area contributed by atoms with Crippen molar-refractivity contribution in [3.8, 4) is 0 Å². The van der Waals surface area contributed by atoms with E-state index >= 15 is 0 Å². The zero-order valence-electron chi connectivity index (χ0n) is 14.5. The van der Waals surface area contributed by atoms with Crippen LogP contribution in [0.1, 0.15) is 26.4 Å². The quantitative estimate of drug-likeness (QED) is 0.534. The Morgan fingerprint density at radius 3 is 2.39 bits per heavy atom. The van der Waals surface area contributed by atoms with Gasteiger partial charge >= 0.3 is 0 Å². The third kappa shape index (κ3) is 4.81. The molecule has 0 spiro atoms. The van der Waals surface area contributed by atoms with Gasteiger partial charge in [-0.1, -0.05) is 41.6 Å². The molecule has 0 aliphatic carbocycles. The van der Waals surface area contributed by atoms with E-state index in [1.54, 1.807) is 12.1 Å². The van der Waals surface area contributed by atoms with E-state index in [1.165, 1.54) is 36.6 Å². The Hall–Kier alpha value is -3.50. The van der Waals surface area contributed by atoms with E-state index < -0.39 is 21.8 Å². The van der Waals surface area contributed by atoms with Crippen LogP contribution in [0.3, 0.4) is 0 Å². The van der Waals surface area contributed by atoms with Crippen molar-refractivity contribution in [1.29, 1.82) is 0 Å². The molecule has 0 saturated heterocycles. The van der Waals surface area contributed by atoms with Gasteiger partial charge in [-0.3, -0.25) is 20.4 Å². The number of hydrogen-bond acceptors (Lipinski definition) is 6. The van der Waals surface area contributed by atoms with E-state index in [0.717, 1.165) is 5.56 Å². The average molecular weight is 400 g/mol. The number of hydrogen-bond donors (Lipinski definition) is 3. The summed E-state index contributed by atoms with van der Waals surface area (Å²) >= 11 is 0. The molecule has 0 saturated carbocycles. The molecular weight excluding hydrogens is 384 g/mol. The summed E-state index contributed by atoms with van der Waals surface area (Å²) in [5, 5.41) is 3.43. The summed E-state index contributed by atoms with van der Waals surface area (Å²) in [7, 11) is -3.82. The number of amides is 2. The van der Waals surface area contributed by atoms with Gasteiger partial charge in [0.2, 0.25) is 10.0 Å². The second kappa shape index (κ2) is 8.46. The molecule has 3 aromatic rings. The molecule has 1 aromatic heterocycles. The minimum absolute atomic E-state index is 0.0123. The number of carbonyl (C=O) groups excluding carboxylic acids is 2. The number of carbonyl (C=O) groups is 2. The number of sulfonamides is 1. The molecule has 144 valence electrons. The van der Waals surface area contributed by atoms with Crippen LogP contribution in [-0.2, 0) is 16.6 Å². The Labute approximate surface area is 160 Å². The van der Waals surface area contributed by atoms with Crippen LogP contribution < -0.4 is 15.6 Å². The minimum atomic E-state index is -3.82. The molecular formula is C18H16N4O5S. The van der Waals surface area contributed by atoms with Crippen LogP contribution in [0, 0.1) is 0 Å². The van der Waals surface area contributed by atoms with Gasteiger partial charge in [-0.15, -0.1) is 0 Å². The highest BCUT2D eigenvalue weighted by Crippen LogP contribution is 2.12. The molecule has 9 nitrogen and oxygen atoms in total. The Bertz CT molecular complexity index is 1070. The number of aromatic nitrogens is 1.